The number of esters is 1. The summed E-state index contributed by atoms with van der Waals surface area (Å²) in [6.07, 6.45) is 1.62. The number of hydrogen-bond donors (Lipinski definition) is 1. The number of halogens is 1. The molecule has 0 saturated carbocycles. The van der Waals surface area contributed by atoms with Gasteiger partial charge in [0.15, 0.2) is 0 Å². The molecule has 41 heavy (non-hydrogen) atoms. The fraction of sp³-hybridized carbons (Fsp3) is 0.333. The van der Waals surface area contributed by atoms with Gasteiger partial charge in [0.05, 0.1) is 31.2 Å². The average molecular weight is 575 g/mol. The van der Waals surface area contributed by atoms with Crippen molar-refractivity contribution in [1.82, 2.24) is 10.2 Å². The van der Waals surface area contributed by atoms with Gasteiger partial charge in [-0.25, -0.2) is 0 Å². The average Bonchev–Trinajstić information content (AvgIpc) is 2.98. The van der Waals surface area contributed by atoms with E-state index in [0.29, 0.717) is 36.2 Å². The van der Waals surface area contributed by atoms with Gasteiger partial charge in [0, 0.05) is 38.0 Å². The Morgan fingerprint density at radius 1 is 0.976 bits per heavy atom. The number of rotatable bonds is 10. The lowest BCUT2D eigenvalue weighted by Crippen LogP contribution is -2.60. The van der Waals surface area contributed by atoms with Gasteiger partial charge in [-0.15, -0.1) is 0 Å². The fourth-order valence-electron chi connectivity index (χ4n) is 5.55. The second-order valence-electron chi connectivity index (χ2n) is 10.4. The third-order valence-corrected chi connectivity index (χ3v) is 8.00. The maximum absolute atomic E-state index is 12.9. The van der Waals surface area contributed by atoms with E-state index in [1.165, 1.54) is 5.57 Å². The van der Waals surface area contributed by atoms with Crippen LogP contribution in [0.2, 0.25) is 5.02 Å². The van der Waals surface area contributed by atoms with E-state index in [1.807, 2.05) is 53.4 Å². The minimum atomic E-state index is -0.323. The van der Waals surface area contributed by atoms with Crippen LogP contribution >= 0.6 is 11.6 Å². The van der Waals surface area contributed by atoms with Crippen LogP contribution < -0.4 is 14.8 Å². The first-order valence-corrected chi connectivity index (χ1v) is 14.3. The van der Waals surface area contributed by atoms with Gasteiger partial charge in [-0.3, -0.25) is 9.59 Å². The SMILES string of the molecule is COc1ccccc1CC(=O)OCC1=C(c2ccc(CCOc3ccccc3Cl)cc2)C[C@@H]2CN(C(C)=O)C[C@H]1N2. The molecule has 1 amide bonds. The lowest BCUT2D eigenvalue weighted by atomic mass is 9.83. The fourth-order valence-corrected chi connectivity index (χ4v) is 5.74. The Bertz CT molecular complexity index is 1420. The van der Waals surface area contributed by atoms with Gasteiger partial charge in [0.25, 0.3) is 0 Å². The van der Waals surface area contributed by atoms with Gasteiger partial charge < -0.3 is 24.4 Å². The number of benzene rings is 3. The van der Waals surface area contributed by atoms with Crippen molar-refractivity contribution in [3.8, 4) is 11.5 Å². The third kappa shape index (κ3) is 7.10. The van der Waals surface area contributed by atoms with E-state index < -0.39 is 0 Å². The maximum Gasteiger partial charge on any atom is 0.310 e. The Morgan fingerprint density at radius 2 is 1.71 bits per heavy atom. The largest absolute Gasteiger partial charge is 0.496 e. The van der Waals surface area contributed by atoms with Crippen LogP contribution in [0.3, 0.4) is 0 Å². The predicted molar refractivity (Wildman–Crippen MR) is 159 cm³/mol. The van der Waals surface area contributed by atoms with Crippen LogP contribution in [0, 0.1) is 0 Å². The zero-order chi connectivity index (χ0) is 28.8. The molecule has 2 atom stereocenters. The maximum atomic E-state index is 12.9. The molecule has 2 aliphatic rings. The van der Waals surface area contributed by atoms with Crippen LogP contribution in [0.1, 0.15) is 30.0 Å². The van der Waals surface area contributed by atoms with Crippen molar-refractivity contribution < 1.29 is 23.8 Å². The molecule has 0 spiro atoms. The number of nitrogens with one attached hydrogen (secondary N) is 1. The van der Waals surface area contributed by atoms with Crippen LogP contribution in [0.25, 0.3) is 5.57 Å². The van der Waals surface area contributed by atoms with Crippen LogP contribution in [-0.4, -0.2) is 62.3 Å². The normalized spacial score (nSPS) is 18.2. The Labute approximate surface area is 246 Å². The number of amides is 1. The first kappa shape index (κ1) is 28.7. The molecule has 0 aromatic heterocycles. The van der Waals surface area contributed by atoms with E-state index in [9.17, 15) is 9.59 Å². The van der Waals surface area contributed by atoms with E-state index >= 15 is 0 Å². The van der Waals surface area contributed by atoms with E-state index in [-0.39, 0.29) is 37.0 Å². The number of para-hydroxylation sites is 2. The molecule has 7 nitrogen and oxygen atoms in total. The van der Waals surface area contributed by atoms with Crippen molar-refractivity contribution in [2.45, 2.75) is 38.3 Å². The Kier molecular flexibility index (Phi) is 9.27. The smallest absolute Gasteiger partial charge is 0.310 e. The summed E-state index contributed by atoms with van der Waals surface area (Å²) in [6, 6.07) is 23.5. The summed E-state index contributed by atoms with van der Waals surface area (Å²) >= 11 is 6.20. The molecule has 0 unspecified atom stereocenters. The van der Waals surface area contributed by atoms with Crippen molar-refractivity contribution in [3.63, 3.8) is 0 Å². The molecule has 1 N–H and O–H groups in total. The molecule has 2 heterocycles. The summed E-state index contributed by atoms with van der Waals surface area (Å²) in [7, 11) is 1.59. The molecule has 2 aliphatic heterocycles. The van der Waals surface area contributed by atoms with Gasteiger partial charge in [-0.2, -0.15) is 0 Å². The number of carbonyl (C=O) groups excluding carboxylic acids is 2. The Hall–Kier alpha value is -3.81. The lowest BCUT2D eigenvalue weighted by Gasteiger charge is -2.44. The molecule has 0 radical (unpaired) electrons. The van der Waals surface area contributed by atoms with Crippen LogP contribution in [0.4, 0.5) is 0 Å². The van der Waals surface area contributed by atoms with Gasteiger partial charge >= 0.3 is 5.97 Å². The van der Waals surface area contributed by atoms with E-state index in [1.54, 1.807) is 14.0 Å². The third-order valence-electron chi connectivity index (χ3n) is 7.69. The first-order valence-electron chi connectivity index (χ1n) is 13.9. The van der Waals surface area contributed by atoms with Gasteiger partial charge in [0.2, 0.25) is 5.91 Å². The van der Waals surface area contributed by atoms with Crippen molar-refractivity contribution in [2.75, 3.05) is 33.4 Å². The van der Waals surface area contributed by atoms with Crippen molar-refractivity contribution in [1.29, 1.82) is 0 Å². The van der Waals surface area contributed by atoms with Crippen LogP contribution in [0.15, 0.2) is 78.4 Å². The minimum Gasteiger partial charge on any atom is -0.496 e. The molecule has 1 saturated heterocycles. The minimum absolute atomic E-state index is 0.0563. The molecular weight excluding hydrogens is 540 g/mol. The zero-order valence-electron chi connectivity index (χ0n) is 23.4. The summed E-state index contributed by atoms with van der Waals surface area (Å²) in [4.78, 5) is 27.0. The molecular formula is C33H35ClN2O5. The van der Waals surface area contributed by atoms with Crippen molar-refractivity contribution >= 4 is 29.1 Å². The summed E-state index contributed by atoms with van der Waals surface area (Å²) in [6.45, 7) is 3.49. The van der Waals surface area contributed by atoms with E-state index in [0.717, 1.165) is 35.1 Å². The van der Waals surface area contributed by atoms with E-state index in [4.69, 9.17) is 25.8 Å². The topological polar surface area (TPSA) is 77.1 Å². The molecule has 3 aromatic carbocycles. The molecule has 2 bridgehead atoms. The highest BCUT2D eigenvalue weighted by Crippen LogP contribution is 2.34. The van der Waals surface area contributed by atoms with Crippen molar-refractivity contribution in [2.24, 2.45) is 0 Å². The number of piperazine rings is 1. The number of carbonyl (C=O) groups is 2. The lowest BCUT2D eigenvalue weighted by molar-refractivity contribution is -0.142. The zero-order valence-corrected chi connectivity index (χ0v) is 24.2. The second-order valence-corrected chi connectivity index (χ2v) is 10.8. The number of methoxy groups -OCH3 is 1. The molecule has 0 aliphatic carbocycles. The second kappa shape index (κ2) is 13.2. The highest BCUT2D eigenvalue weighted by Gasteiger charge is 2.36. The van der Waals surface area contributed by atoms with Crippen molar-refractivity contribution in [3.05, 3.63) is 100 Å². The standard InChI is InChI=1S/C33H35ClN2O5/c1-22(37)36-19-26-18-27(24-13-11-23(12-14-24)15-16-40-32-10-6-4-8-29(32)34)28(30(20-36)35-26)21-41-33(38)17-25-7-3-5-9-31(25)39-2/h3-14,26,30,35H,15-21H2,1-2H3/t26-,30-/m1/s1. The summed E-state index contributed by atoms with van der Waals surface area (Å²) in [5.74, 6) is 1.08. The monoisotopic (exact) mass is 574 g/mol. The number of ether oxygens (including phenoxy) is 3. The highest BCUT2D eigenvalue weighted by atomic mass is 35.5. The first-order chi connectivity index (χ1) is 19.9. The predicted octanol–water partition coefficient (Wildman–Crippen LogP) is 5.10. The molecule has 214 valence electrons. The molecule has 5 rings (SSSR count). The number of hydrogen-bond acceptors (Lipinski definition) is 6. The summed E-state index contributed by atoms with van der Waals surface area (Å²) in [5, 5.41) is 4.25. The van der Waals surface area contributed by atoms with Gasteiger partial charge in [-0.1, -0.05) is 66.2 Å². The molecule has 8 heteroatoms. The quantitative estimate of drug-likeness (QED) is 0.339. The van der Waals surface area contributed by atoms with Crippen LogP contribution in [0.5, 0.6) is 11.5 Å². The number of fused-ring (bicyclic) bond motifs is 2. The summed E-state index contributed by atoms with van der Waals surface area (Å²) in [5.41, 5.74) is 5.22. The summed E-state index contributed by atoms with van der Waals surface area (Å²) < 4.78 is 17.1. The van der Waals surface area contributed by atoms with Gasteiger partial charge in [-0.05, 0) is 46.9 Å². The number of nitrogens with zero attached hydrogens (tertiary/aromatic N) is 1. The highest BCUT2D eigenvalue weighted by molar-refractivity contribution is 6.32. The molecule has 3 aromatic rings. The van der Waals surface area contributed by atoms with E-state index in [2.05, 4.69) is 29.6 Å². The Balaban J connectivity index is 1.31. The van der Waals surface area contributed by atoms with Crippen LogP contribution in [-0.2, 0) is 27.2 Å². The Morgan fingerprint density at radius 3 is 2.44 bits per heavy atom. The molecule has 1 fully saturated rings. The van der Waals surface area contributed by atoms with Gasteiger partial charge in [0.1, 0.15) is 18.1 Å².